The predicted octanol–water partition coefficient (Wildman–Crippen LogP) is 4.30. The molecule has 0 atom stereocenters. The van der Waals surface area contributed by atoms with Gasteiger partial charge in [0.25, 0.3) is 14.7 Å². The van der Waals surface area contributed by atoms with Crippen LogP contribution in [0.5, 0.6) is 0 Å². The van der Waals surface area contributed by atoms with Crippen molar-refractivity contribution in [3.8, 4) is 0 Å². The standard InChI is InChI=1S/2C9H9NO3.C2H6.CH4.2CH3.Y.H2/c2*1-10-8(11)6-4-2-3-5-7(6)9(12)13;1-2;;;;;/h2*2-5H,1H3,(H,10,11)(H,12,13);1-2H3;1H4;2*1H3;;1H/q;;;;2*-1;;/i;;;1D;;;;1+1D/hD4. The molecule has 9 heteroatoms. The molecule has 2 aromatic carbocycles. The molecule has 8 nitrogen and oxygen atoms in total. The van der Waals surface area contributed by atoms with Gasteiger partial charge in [-0.25, -0.2) is 9.59 Å². The maximum atomic E-state index is 11.5. The first-order valence-electron chi connectivity index (χ1n) is 11.9. The van der Waals surface area contributed by atoms with Gasteiger partial charge in [0.15, 0.2) is 2.82 Å². The molecule has 0 heterocycles. The number of carboxylic acids is 2. The Morgan fingerprint density at radius 1 is 0.812 bits per heavy atom. The zero-order valence-corrected chi connectivity index (χ0v) is 22.4. The SMILES string of the molecule is CC.[2H]C.[2H]OC(=O)c1ccccc1C(=O)N([2H])C.[2H]OC(=O)c1ccccc1C(=O)N([2H])C.[2H][2H].[CH3-].[CH3-].[Y]. The smallest absolute Gasteiger partial charge is 0.336 e. The summed E-state index contributed by atoms with van der Waals surface area (Å²) in [4.78, 5) is 45.1. The fraction of sp³-hybridized carbons (Fsp3) is 0.217. The van der Waals surface area contributed by atoms with Crippen LogP contribution in [0.25, 0.3) is 2.86 Å². The van der Waals surface area contributed by atoms with E-state index < -0.39 is 23.8 Å². The van der Waals surface area contributed by atoms with Crippen molar-refractivity contribution in [2.24, 2.45) is 0 Å². The van der Waals surface area contributed by atoms with Crippen LogP contribution in [0, 0.1) is 14.9 Å². The van der Waals surface area contributed by atoms with Crippen LogP contribution >= 0.6 is 0 Å². The molecule has 179 valence electrons. The molecule has 4 N–H and O–H groups in total. The van der Waals surface area contributed by atoms with Crippen LogP contribution in [0.2, 0.25) is 2.82 Å². The van der Waals surface area contributed by atoms with E-state index in [9.17, 15) is 19.2 Å². The first-order valence-corrected chi connectivity index (χ1v) is 8.22. The minimum Gasteiger partial charge on any atom is -0.478 e. The van der Waals surface area contributed by atoms with Crippen molar-refractivity contribution in [3.05, 3.63) is 85.6 Å². The Hall–Kier alpha value is -2.58. The molecule has 0 saturated heterocycles. The summed E-state index contributed by atoms with van der Waals surface area (Å²) >= 11 is 0. The van der Waals surface area contributed by atoms with Crippen molar-refractivity contribution >= 4 is 23.8 Å². The third kappa shape index (κ3) is 12.3. The van der Waals surface area contributed by atoms with Crippen LogP contribution in [0.1, 0.15) is 67.0 Å². The molecule has 0 unspecified atom stereocenters. The second-order valence-electron chi connectivity index (χ2n) is 4.72. The molecule has 0 spiro atoms. The number of benzene rings is 2. The van der Waals surface area contributed by atoms with Crippen LogP contribution in [-0.4, -0.2) is 48.1 Å². The molecule has 0 aliphatic rings. The van der Waals surface area contributed by atoms with Gasteiger partial charge in [-0.15, -0.1) is 0 Å². The van der Waals surface area contributed by atoms with Gasteiger partial charge in [-0.05, 0) is 24.3 Å². The molecule has 1 radical (unpaired) electrons. The molecule has 32 heavy (non-hydrogen) atoms. The monoisotopic (exact) mass is 532 g/mol. The Balaban J connectivity index is -0.000000110. The van der Waals surface area contributed by atoms with Crippen LogP contribution < -0.4 is 10.6 Å². The van der Waals surface area contributed by atoms with Crippen molar-refractivity contribution in [2.45, 2.75) is 21.3 Å². The molecule has 2 amide bonds. The molecular weight excluding hydrogens is 489 g/mol. The number of hydrogen-bond acceptors (Lipinski definition) is 6. The van der Waals surface area contributed by atoms with Crippen molar-refractivity contribution in [1.29, 1.82) is 2.86 Å². The quantitative estimate of drug-likeness (QED) is 0.434. The molecular formula is C23H36N2O6Y-2. The number of carbonyl (C=O) groups is 4. The summed E-state index contributed by atoms with van der Waals surface area (Å²) in [6.45, 7) is 4.00. The Labute approximate surface area is 227 Å². The zero-order chi connectivity index (χ0) is 28.8. The Kier molecular flexibility index (Phi) is 17.4. The van der Waals surface area contributed by atoms with Gasteiger partial charge in [-0.1, -0.05) is 45.5 Å². The summed E-state index contributed by atoms with van der Waals surface area (Å²) in [5, 5.41) is 8.79. The first-order chi connectivity index (χ1) is 17.1. The van der Waals surface area contributed by atoms with E-state index in [0.717, 1.165) is 0 Å². The number of carbonyl (C=O) groups excluding carboxylic acids is 2. The van der Waals surface area contributed by atoms with Gasteiger partial charge < -0.3 is 35.7 Å². The Morgan fingerprint density at radius 3 is 1.28 bits per heavy atom. The normalized spacial score (nSPS) is 9.72. The van der Waals surface area contributed by atoms with Crippen LogP contribution in [0.15, 0.2) is 48.5 Å². The number of amides is 2. The molecule has 0 fully saturated rings. The van der Waals surface area contributed by atoms with Gasteiger partial charge in [0.1, 0.15) is 0 Å². The number of hydrogen-bond donors (Lipinski definition) is 4. The maximum absolute atomic E-state index is 11.5. The number of nitrogens with one attached hydrogen (secondary N) is 2. The van der Waals surface area contributed by atoms with Gasteiger partial charge in [0, 0.05) is 51.1 Å². The summed E-state index contributed by atoms with van der Waals surface area (Å²) in [6.07, 6.45) is 0. The van der Waals surface area contributed by atoms with E-state index >= 15 is 0 Å². The van der Waals surface area contributed by atoms with Crippen LogP contribution in [0.4, 0.5) is 0 Å². The van der Waals surface area contributed by atoms with Crippen molar-refractivity contribution in [3.63, 3.8) is 0 Å². The van der Waals surface area contributed by atoms with Gasteiger partial charge >= 0.3 is 11.9 Å². The molecule has 0 aromatic heterocycles. The fourth-order valence-corrected chi connectivity index (χ4v) is 1.94. The average molecular weight is 532 g/mol. The van der Waals surface area contributed by atoms with E-state index in [1.165, 1.54) is 45.8 Å². The molecule has 0 saturated carbocycles. The molecule has 2 aromatic rings. The number of aromatic carboxylic acids is 2. The van der Waals surface area contributed by atoms with E-state index in [1.54, 1.807) is 24.3 Å². The van der Waals surface area contributed by atoms with Crippen molar-refractivity contribution in [2.75, 3.05) is 14.1 Å². The minimum atomic E-state index is -0.916. The van der Waals surface area contributed by atoms with Crippen molar-refractivity contribution in [1.82, 2.24) is 10.6 Å². The molecule has 0 aliphatic carbocycles. The zero-order valence-electron chi connectivity index (χ0n) is 26.5. The third-order valence-corrected chi connectivity index (χ3v) is 3.16. The van der Waals surface area contributed by atoms with Crippen LogP contribution in [-0.2, 0) is 32.7 Å². The summed E-state index contributed by atoms with van der Waals surface area (Å²) in [6, 6.07) is 11.8. The molecule has 0 aliphatic heterocycles. The first kappa shape index (κ1) is 25.7. The fourth-order valence-electron chi connectivity index (χ4n) is 1.94. The van der Waals surface area contributed by atoms with E-state index in [-0.39, 0.29) is 69.8 Å². The Bertz CT molecular complexity index is 879. The maximum Gasteiger partial charge on any atom is 0.336 e. The van der Waals surface area contributed by atoms with E-state index in [0.29, 0.717) is 10.6 Å². The van der Waals surface area contributed by atoms with Gasteiger partial charge in [-0.3, -0.25) is 9.59 Å². The molecule has 0 bridgehead atoms. The molecule has 2 rings (SSSR count). The second kappa shape index (κ2) is 21.6. The summed E-state index contributed by atoms with van der Waals surface area (Å²) in [5.74, 6) is -3.09. The summed E-state index contributed by atoms with van der Waals surface area (Å²) in [7, 11) is 3.76. The second-order valence-corrected chi connectivity index (χ2v) is 4.72. The largest absolute Gasteiger partial charge is 0.478 e. The van der Waals surface area contributed by atoms with Crippen LogP contribution in [0.3, 0.4) is 0 Å². The number of rotatable bonds is 4. The van der Waals surface area contributed by atoms with Crippen molar-refractivity contribution < 1.29 is 69.3 Å². The summed E-state index contributed by atoms with van der Waals surface area (Å²) < 4.78 is 42.9. The van der Waals surface area contributed by atoms with E-state index in [2.05, 4.69) is 10.2 Å². The topological polar surface area (TPSA) is 133 Å². The Morgan fingerprint density at radius 2 is 1.06 bits per heavy atom. The van der Waals surface area contributed by atoms with Gasteiger partial charge in [0.05, 0.1) is 22.3 Å². The minimum absolute atomic E-state index is 0. The van der Waals surface area contributed by atoms with E-state index in [1.807, 2.05) is 13.8 Å². The predicted molar refractivity (Wildman–Crippen MR) is 127 cm³/mol. The van der Waals surface area contributed by atoms with E-state index in [4.69, 9.17) is 10.0 Å². The van der Waals surface area contributed by atoms with Gasteiger partial charge in [0.2, 0.25) is 0 Å². The number of carboxylic acid groups (broad SMARTS) is 2. The third-order valence-electron chi connectivity index (χ3n) is 3.16. The van der Waals surface area contributed by atoms with Gasteiger partial charge in [-0.2, -0.15) is 0 Å². The average Bonchev–Trinajstić information content (AvgIpc) is 2.94. The summed E-state index contributed by atoms with van der Waals surface area (Å²) in [5.41, 5.74) is 0.0627.